The van der Waals surface area contributed by atoms with E-state index in [-0.39, 0.29) is 0 Å². The van der Waals surface area contributed by atoms with Gasteiger partial charge in [0.2, 0.25) is 0 Å². The first-order chi connectivity index (χ1) is 9.02. The summed E-state index contributed by atoms with van der Waals surface area (Å²) in [6.45, 7) is 1.90. The zero-order valence-corrected chi connectivity index (χ0v) is 10.5. The summed E-state index contributed by atoms with van der Waals surface area (Å²) in [5.74, 6) is -0.496. The van der Waals surface area contributed by atoms with Crippen LogP contribution in [0.1, 0.15) is 5.69 Å². The summed E-state index contributed by atoms with van der Waals surface area (Å²) in [6, 6.07) is 3.35. The van der Waals surface area contributed by atoms with Crippen LogP contribution in [0.4, 0.5) is 17.1 Å². The highest BCUT2D eigenvalue weighted by Crippen LogP contribution is 2.28. The van der Waals surface area contributed by atoms with Gasteiger partial charge >= 0.3 is 5.76 Å². The molecule has 3 aromatic rings. The largest absolute Gasteiger partial charge is 0.417 e. The second-order valence-electron chi connectivity index (χ2n) is 4.38. The minimum absolute atomic E-state index is 0.441. The molecule has 0 unspecified atom stereocenters. The summed E-state index contributed by atoms with van der Waals surface area (Å²) >= 11 is 0. The van der Waals surface area contributed by atoms with Crippen molar-refractivity contribution in [3.05, 3.63) is 34.6 Å². The molecular formula is C12H13N5O2. The van der Waals surface area contributed by atoms with Crippen molar-refractivity contribution >= 4 is 28.2 Å². The molecule has 0 spiro atoms. The maximum atomic E-state index is 11.1. The molecule has 7 nitrogen and oxygen atoms in total. The molecule has 1 aromatic carbocycles. The molecule has 0 aliphatic heterocycles. The topological polar surface area (TPSA) is 102 Å². The van der Waals surface area contributed by atoms with Gasteiger partial charge in [-0.05, 0) is 13.0 Å². The van der Waals surface area contributed by atoms with Crippen LogP contribution >= 0.6 is 0 Å². The van der Waals surface area contributed by atoms with Gasteiger partial charge in [0.05, 0.1) is 28.3 Å². The second-order valence-corrected chi connectivity index (χ2v) is 4.38. The van der Waals surface area contributed by atoms with Crippen molar-refractivity contribution in [2.75, 3.05) is 11.1 Å². The number of oxazole rings is 1. The molecular weight excluding hydrogens is 246 g/mol. The van der Waals surface area contributed by atoms with Crippen LogP contribution in [0.25, 0.3) is 11.1 Å². The number of aryl methyl sites for hydroxylation is 2. The van der Waals surface area contributed by atoms with E-state index in [2.05, 4.69) is 15.4 Å². The number of aromatic amines is 1. The number of nitrogen functional groups attached to an aromatic ring is 1. The van der Waals surface area contributed by atoms with Crippen molar-refractivity contribution in [3.63, 3.8) is 0 Å². The normalized spacial score (nSPS) is 11.1. The number of hydrogen-bond acceptors (Lipinski definition) is 5. The maximum absolute atomic E-state index is 11.1. The van der Waals surface area contributed by atoms with Crippen molar-refractivity contribution in [2.24, 2.45) is 7.05 Å². The van der Waals surface area contributed by atoms with Gasteiger partial charge in [-0.3, -0.25) is 9.67 Å². The van der Waals surface area contributed by atoms with Crippen molar-refractivity contribution in [2.45, 2.75) is 6.92 Å². The van der Waals surface area contributed by atoms with E-state index in [1.165, 1.54) is 0 Å². The second kappa shape index (κ2) is 3.91. The van der Waals surface area contributed by atoms with Crippen LogP contribution in [-0.4, -0.2) is 14.8 Å². The minimum Gasteiger partial charge on any atom is -0.408 e. The molecule has 2 heterocycles. The van der Waals surface area contributed by atoms with Crippen molar-refractivity contribution in [1.29, 1.82) is 0 Å². The Bertz CT molecular complexity index is 811. The Morgan fingerprint density at radius 3 is 2.89 bits per heavy atom. The molecule has 0 aliphatic carbocycles. The van der Waals surface area contributed by atoms with E-state index in [9.17, 15) is 4.79 Å². The third-order valence-electron chi connectivity index (χ3n) is 2.87. The van der Waals surface area contributed by atoms with Gasteiger partial charge < -0.3 is 15.5 Å². The lowest BCUT2D eigenvalue weighted by Gasteiger charge is -2.07. The van der Waals surface area contributed by atoms with Gasteiger partial charge in [-0.25, -0.2) is 4.79 Å². The molecule has 0 atom stereocenters. The van der Waals surface area contributed by atoms with Gasteiger partial charge in [-0.1, -0.05) is 0 Å². The number of H-pyrrole nitrogens is 1. The maximum Gasteiger partial charge on any atom is 0.417 e. The van der Waals surface area contributed by atoms with E-state index in [1.54, 1.807) is 16.8 Å². The van der Waals surface area contributed by atoms with E-state index in [0.717, 1.165) is 11.4 Å². The van der Waals surface area contributed by atoms with Gasteiger partial charge in [0, 0.05) is 19.3 Å². The Morgan fingerprint density at radius 1 is 1.42 bits per heavy atom. The SMILES string of the molecule is Cc1nn(C)cc1Nc1cc2[nH]c(=O)oc2cc1N. The highest BCUT2D eigenvalue weighted by atomic mass is 16.4. The average molecular weight is 259 g/mol. The Hall–Kier alpha value is -2.70. The molecule has 2 aromatic heterocycles. The number of hydrogen-bond donors (Lipinski definition) is 3. The van der Waals surface area contributed by atoms with Crippen LogP contribution in [0.2, 0.25) is 0 Å². The predicted octanol–water partition coefficient (Wildman–Crippen LogP) is 1.49. The van der Waals surface area contributed by atoms with Crippen LogP contribution < -0.4 is 16.8 Å². The lowest BCUT2D eigenvalue weighted by atomic mass is 10.2. The van der Waals surface area contributed by atoms with Gasteiger partial charge in [-0.15, -0.1) is 0 Å². The smallest absolute Gasteiger partial charge is 0.408 e. The quantitative estimate of drug-likeness (QED) is 0.605. The molecule has 4 N–H and O–H groups in total. The van der Waals surface area contributed by atoms with Gasteiger partial charge in [0.1, 0.15) is 0 Å². The number of anilines is 3. The zero-order valence-electron chi connectivity index (χ0n) is 10.5. The minimum atomic E-state index is -0.496. The molecule has 7 heteroatoms. The van der Waals surface area contributed by atoms with Crippen LogP contribution in [0.5, 0.6) is 0 Å². The summed E-state index contributed by atoms with van der Waals surface area (Å²) in [7, 11) is 1.85. The monoisotopic (exact) mass is 259 g/mol. The van der Waals surface area contributed by atoms with Crippen molar-refractivity contribution < 1.29 is 4.42 Å². The molecule has 0 saturated heterocycles. The number of aromatic nitrogens is 3. The fraction of sp³-hybridized carbons (Fsp3) is 0.167. The average Bonchev–Trinajstić information content (AvgIpc) is 2.81. The van der Waals surface area contributed by atoms with Crippen LogP contribution in [0, 0.1) is 6.92 Å². The van der Waals surface area contributed by atoms with E-state index in [4.69, 9.17) is 10.2 Å². The summed E-state index contributed by atoms with van der Waals surface area (Å²) in [5.41, 5.74) is 9.89. The highest BCUT2D eigenvalue weighted by molar-refractivity contribution is 5.87. The van der Waals surface area contributed by atoms with Crippen LogP contribution in [0.15, 0.2) is 27.5 Å². The Balaban J connectivity index is 2.07. The number of fused-ring (bicyclic) bond motifs is 1. The van der Waals surface area contributed by atoms with E-state index < -0.39 is 5.76 Å². The first-order valence-corrected chi connectivity index (χ1v) is 5.72. The van der Waals surface area contributed by atoms with E-state index in [0.29, 0.717) is 22.5 Å². The summed E-state index contributed by atoms with van der Waals surface area (Å²) in [5, 5.41) is 7.43. The molecule has 98 valence electrons. The molecule has 0 fully saturated rings. The molecule has 3 rings (SSSR count). The van der Waals surface area contributed by atoms with Crippen LogP contribution in [0.3, 0.4) is 0 Å². The van der Waals surface area contributed by atoms with Gasteiger partial charge in [0.15, 0.2) is 5.58 Å². The number of nitrogens with zero attached hydrogens (tertiary/aromatic N) is 2. The predicted molar refractivity (Wildman–Crippen MR) is 72.5 cm³/mol. The standard InChI is InChI=1S/C12H13N5O2/c1-6-10(5-17(2)16-6)14-8-4-9-11(3-7(8)13)19-12(18)15-9/h3-5,14H,13H2,1-2H3,(H,15,18). The third-order valence-corrected chi connectivity index (χ3v) is 2.87. The number of nitrogens with one attached hydrogen (secondary N) is 2. The van der Waals surface area contributed by atoms with Crippen molar-refractivity contribution in [1.82, 2.24) is 14.8 Å². The molecule has 0 amide bonds. The lowest BCUT2D eigenvalue weighted by Crippen LogP contribution is -1.97. The Kier molecular flexibility index (Phi) is 2.34. The van der Waals surface area contributed by atoms with Crippen LogP contribution in [-0.2, 0) is 7.05 Å². The molecule has 0 saturated carbocycles. The lowest BCUT2D eigenvalue weighted by molar-refractivity contribution is 0.555. The van der Waals surface area contributed by atoms with Crippen molar-refractivity contribution in [3.8, 4) is 0 Å². The fourth-order valence-electron chi connectivity index (χ4n) is 1.99. The molecule has 0 bridgehead atoms. The molecule has 0 aliphatic rings. The Morgan fingerprint density at radius 2 is 2.21 bits per heavy atom. The summed E-state index contributed by atoms with van der Waals surface area (Å²) in [4.78, 5) is 13.7. The summed E-state index contributed by atoms with van der Waals surface area (Å²) < 4.78 is 6.66. The fourth-order valence-corrected chi connectivity index (χ4v) is 1.99. The Labute approximate surface area is 108 Å². The molecule has 0 radical (unpaired) electrons. The van der Waals surface area contributed by atoms with Gasteiger partial charge in [-0.2, -0.15) is 5.10 Å². The van der Waals surface area contributed by atoms with Gasteiger partial charge in [0.25, 0.3) is 0 Å². The third kappa shape index (κ3) is 1.95. The highest BCUT2D eigenvalue weighted by Gasteiger charge is 2.09. The number of benzene rings is 1. The molecule has 19 heavy (non-hydrogen) atoms. The zero-order chi connectivity index (χ0) is 13.6. The number of rotatable bonds is 2. The number of nitrogens with two attached hydrogens (primary N) is 1. The summed E-state index contributed by atoms with van der Waals surface area (Å²) in [6.07, 6.45) is 1.86. The van der Waals surface area contributed by atoms with E-state index >= 15 is 0 Å². The van der Waals surface area contributed by atoms with E-state index in [1.807, 2.05) is 20.2 Å². The first kappa shape index (κ1) is 11.4. The first-order valence-electron chi connectivity index (χ1n) is 5.72.